The lowest BCUT2D eigenvalue weighted by molar-refractivity contribution is -0.150. The maximum Gasteiger partial charge on any atom is 0.394 e. The van der Waals surface area contributed by atoms with Crippen LogP contribution >= 0.6 is 0 Å². The predicted molar refractivity (Wildman–Crippen MR) is 36.9 cm³/mol. The highest BCUT2D eigenvalue weighted by Crippen LogP contribution is 1.87. The molecule has 0 fully saturated rings. The van der Waals surface area contributed by atoms with Gasteiger partial charge in [0.15, 0.2) is 0 Å². The number of aliphatic hydroxyl groups is 1. The van der Waals surface area contributed by atoms with Crippen molar-refractivity contribution in [1.82, 2.24) is 5.32 Å². The highest BCUT2D eigenvalue weighted by atomic mass is 16.4. The SMILES string of the molecule is CC(CCO)NC(=O)C(=O)O. The summed E-state index contributed by atoms with van der Waals surface area (Å²) >= 11 is 0. The predicted octanol–water partition coefficient (Wildman–Crippen LogP) is -1.04. The summed E-state index contributed by atoms with van der Waals surface area (Å²) in [6.45, 7) is 1.55. The number of carbonyl (C=O) groups is 2. The molecule has 64 valence electrons. The van der Waals surface area contributed by atoms with Crippen molar-refractivity contribution in [3.8, 4) is 0 Å². The van der Waals surface area contributed by atoms with E-state index >= 15 is 0 Å². The Morgan fingerprint density at radius 2 is 2.09 bits per heavy atom. The van der Waals surface area contributed by atoms with Crippen LogP contribution < -0.4 is 5.32 Å². The van der Waals surface area contributed by atoms with Crippen LogP contribution in [0.4, 0.5) is 0 Å². The van der Waals surface area contributed by atoms with Crippen molar-refractivity contribution in [2.24, 2.45) is 0 Å². The van der Waals surface area contributed by atoms with Gasteiger partial charge in [-0.3, -0.25) is 4.79 Å². The minimum Gasteiger partial charge on any atom is -0.474 e. The zero-order valence-corrected chi connectivity index (χ0v) is 6.20. The van der Waals surface area contributed by atoms with E-state index < -0.39 is 11.9 Å². The van der Waals surface area contributed by atoms with Crippen molar-refractivity contribution < 1.29 is 19.8 Å². The molecule has 3 N–H and O–H groups in total. The quantitative estimate of drug-likeness (QED) is 0.461. The molecule has 1 unspecified atom stereocenters. The minimum atomic E-state index is -1.50. The van der Waals surface area contributed by atoms with Crippen LogP contribution in [-0.2, 0) is 9.59 Å². The first-order chi connectivity index (χ1) is 5.07. The number of nitrogens with one attached hydrogen (secondary N) is 1. The Morgan fingerprint density at radius 1 is 1.55 bits per heavy atom. The zero-order chi connectivity index (χ0) is 8.85. The van der Waals surface area contributed by atoms with Crippen LogP contribution in [0.15, 0.2) is 0 Å². The molecule has 0 heterocycles. The Bertz CT molecular complexity index is 157. The van der Waals surface area contributed by atoms with Gasteiger partial charge in [0.25, 0.3) is 0 Å². The molecule has 5 heteroatoms. The largest absolute Gasteiger partial charge is 0.474 e. The van der Waals surface area contributed by atoms with Crippen LogP contribution in [0, 0.1) is 0 Å². The Hall–Kier alpha value is -1.10. The Labute approximate surface area is 64.0 Å². The third-order valence-corrected chi connectivity index (χ3v) is 1.13. The number of carboxylic acid groups (broad SMARTS) is 1. The van der Waals surface area contributed by atoms with E-state index in [2.05, 4.69) is 5.32 Å². The zero-order valence-electron chi connectivity index (χ0n) is 6.20. The van der Waals surface area contributed by atoms with Gasteiger partial charge in [-0.15, -0.1) is 0 Å². The van der Waals surface area contributed by atoms with Gasteiger partial charge in [0.1, 0.15) is 0 Å². The average Bonchev–Trinajstić information content (AvgIpc) is 1.87. The summed E-state index contributed by atoms with van der Waals surface area (Å²) in [7, 11) is 0. The van der Waals surface area contributed by atoms with E-state index in [0.717, 1.165) is 0 Å². The number of hydrogen-bond acceptors (Lipinski definition) is 3. The van der Waals surface area contributed by atoms with Gasteiger partial charge in [-0.2, -0.15) is 0 Å². The summed E-state index contributed by atoms with van der Waals surface area (Å²) in [5.41, 5.74) is 0. The van der Waals surface area contributed by atoms with Gasteiger partial charge in [-0.05, 0) is 13.3 Å². The van der Waals surface area contributed by atoms with Crippen LogP contribution in [0.5, 0.6) is 0 Å². The molecule has 0 rings (SSSR count). The maximum absolute atomic E-state index is 10.4. The second-order valence-electron chi connectivity index (χ2n) is 2.19. The molecule has 0 aliphatic heterocycles. The molecule has 0 aromatic carbocycles. The summed E-state index contributed by atoms with van der Waals surface area (Å²) in [4.78, 5) is 20.4. The number of carbonyl (C=O) groups excluding carboxylic acids is 1. The van der Waals surface area contributed by atoms with E-state index in [1.165, 1.54) is 0 Å². The van der Waals surface area contributed by atoms with E-state index in [-0.39, 0.29) is 12.6 Å². The van der Waals surface area contributed by atoms with E-state index in [1.54, 1.807) is 6.92 Å². The summed E-state index contributed by atoms with van der Waals surface area (Å²) < 4.78 is 0. The molecule has 0 aliphatic carbocycles. The van der Waals surface area contributed by atoms with Crippen LogP contribution in [0.25, 0.3) is 0 Å². The smallest absolute Gasteiger partial charge is 0.394 e. The first-order valence-corrected chi connectivity index (χ1v) is 3.22. The number of amides is 1. The molecule has 11 heavy (non-hydrogen) atoms. The van der Waals surface area contributed by atoms with Gasteiger partial charge in [0.05, 0.1) is 0 Å². The number of rotatable bonds is 3. The monoisotopic (exact) mass is 161 g/mol. The van der Waals surface area contributed by atoms with Crippen LogP contribution in [0.2, 0.25) is 0 Å². The van der Waals surface area contributed by atoms with Crippen molar-refractivity contribution in [3.63, 3.8) is 0 Å². The van der Waals surface area contributed by atoms with E-state index in [9.17, 15) is 9.59 Å². The third kappa shape index (κ3) is 4.32. The molecule has 0 saturated carbocycles. The van der Waals surface area contributed by atoms with Gasteiger partial charge in [0, 0.05) is 12.6 Å². The molecule has 1 atom stereocenters. The summed E-state index contributed by atoms with van der Waals surface area (Å²) in [6, 6.07) is -0.302. The number of carboxylic acids is 1. The molecule has 0 radical (unpaired) electrons. The third-order valence-electron chi connectivity index (χ3n) is 1.13. The topological polar surface area (TPSA) is 86.6 Å². The fourth-order valence-corrected chi connectivity index (χ4v) is 0.551. The first kappa shape index (κ1) is 9.90. The van der Waals surface area contributed by atoms with Crippen LogP contribution in [0.1, 0.15) is 13.3 Å². The lowest BCUT2D eigenvalue weighted by Crippen LogP contribution is -2.37. The Balaban J connectivity index is 3.66. The molecule has 0 spiro atoms. The number of aliphatic hydroxyl groups excluding tert-OH is 1. The highest BCUT2D eigenvalue weighted by molar-refractivity contribution is 6.31. The molecule has 0 saturated heterocycles. The van der Waals surface area contributed by atoms with E-state index in [4.69, 9.17) is 10.2 Å². The normalized spacial score (nSPS) is 12.2. The standard InChI is InChI=1S/C6H11NO4/c1-4(2-3-8)7-5(9)6(10)11/h4,8H,2-3H2,1H3,(H,7,9)(H,10,11). The van der Waals surface area contributed by atoms with Crippen LogP contribution in [-0.4, -0.2) is 34.7 Å². The fraction of sp³-hybridized carbons (Fsp3) is 0.667. The first-order valence-electron chi connectivity index (χ1n) is 3.22. The van der Waals surface area contributed by atoms with Crippen molar-refractivity contribution in [2.45, 2.75) is 19.4 Å². The average molecular weight is 161 g/mol. The fourth-order valence-electron chi connectivity index (χ4n) is 0.551. The van der Waals surface area contributed by atoms with Crippen molar-refractivity contribution >= 4 is 11.9 Å². The summed E-state index contributed by atoms with van der Waals surface area (Å²) in [6.07, 6.45) is 0.360. The molecule has 1 amide bonds. The van der Waals surface area contributed by atoms with Gasteiger partial charge in [0.2, 0.25) is 0 Å². The van der Waals surface area contributed by atoms with Gasteiger partial charge in [-0.1, -0.05) is 0 Å². The molecular formula is C6H11NO4. The highest BCUT2D eigenvalue weighted by Gasteiger charge is 2.13. The minimum absolute atomic E-state index is 0.0684. The van der Waals surface area contributed by atoms with Gasteiger partial charge in [-0.25, -0.2) is 4.79 Å². The van der Waals surface area contributed by atoms with Crippen molar-refractivity contribution in [3.05, 3.63) is 0 Å². The second-order valence-corrected chi connectivity index (χ2v) is 2.19. The second kappa shape index (κ2) is 4.68. The molecule has 5 nitrogen and oxygen atoms in total. The summed E-state index contributed by atoms with van der Waals surface area (Å²) in [5, 5.41) is 18.7. The molecule has 0 bridgehead atoms. The maximum atomic E-state index is 10.4. The molecular weight excluding hydrogens is 150 g/mol. The van der Waals surface area contributed by atoms with Crippen molar-refractivity contribution in [1.29, 1.82) is 0 Å². The lowest BCUT2D eigenvalue weighted by Gasteiger charge is -2.09. The molecule has 0 aromatic heterocycles. The lowest BCUT2D eigenvalue weighted by atomic mass is 10.2. The van der Waals surface area contributed by atoms with Crippen molar-refractivity contribution in [2.75, 3.05) is 6.61 Å². The molecule has 0 aliphatic rings. The van der Waals surface area contributed by atoms with E-state index in [0.29, 0.717) is 6.42 Å². The Kier molecular flexibility index (Phi) is 4.21. The van der Waals surface area contributed by atoms with E-state index in [1.807, 2.05) is 0 Å². The summed E-state index contributed by atoms with van der Waals surface area (Å²) in [5.74, 6) is -2.54. The Morgan fingerprint density at radius 3 is 2.45 bits per heavy atom. The van der Waals surface area contributed by atoms with Gasteiger partial charge >= 0.3 is 11.9 Å². The number of aliphatic carboxylic acids is 1. The number of hydrogen-bond donors (Lipinski definition) is 3. The van der Waals surface area contributed by atoms with Gasteiger partial charge < -0.3 is 15.5 Å². The van der Waals surface area contributed by atoms with Crippen LogP contribution in [0.3, 0.4) is 0 Å². The molecule has 0 aromatic rings.